The Hall–Kier alpha value is -2.08. The van der Waals surface area contributed by atoms with Crippen molar-refractivity contribution in [2.45, 2.75) is 106 Å². The van der Waals surface area contributed by atoms with E-state index in [0.717, 1.165) is 32.1 Å². The van der Waals surface area contributed by atoms with Gasteiger partial charge in [0.1, 0.15) is 11.2 Å². The number of sulfonamides is 1. The number of rotatable bonds is 6. The van der Waals surface area contributed by atoms with Gasteiger partial charge in [-0.05, 0) is 83.1 Å². The smallest absolute Gasteiger partial charge is 0.410 e. The molecule has 0 aromatic heterocycles. The van der Waals surface area contributed by atoms with Crippen LogP contribution >= 0.6 is 11.6 Å². The van der Waals surface area contributed by atoms with E-state index in [9.17, 15) is 18.0 Å². The van der Waals surface area contributed by atoms with Crippen LogP contribution in [0.25, 0.3) is 0 Å². The largest absolute Gasteiger partial charge is 0.444 e. The number of likely N-dealkylation sites (tertiary alicyclic amines) is 1. The SMILES string of the molecule is CC(C)(C)OC(=O)N1C2CC[C@@H]1CN(C(=O)OC1([C@H]3COC[C@@H](CC4CC4)N3S(=O)(=O)c3ccc(Cl)cc3)CC1)C2. The van der Waals surface area contributed by atoms with Crippen LogP contribution in [-0.2, 0) is 24.2 Å². The minimum absolute atomic E-state index is 0.131. The minimum atomic E-state index is -3.91. The Morgan fingerprint density at radius 3 is 2.20 bits per heavy atom. The van der Waals surface area contributed by atoms with E-state index in [1.807, 2.05) is 20.8 Å². The molecule has 0 spiro atoms. The molecule has 5 aliphatic rings. The molecule has 2 amide bonds. The number of nitrogens with zero attached hydrogens (tertiary/aromatic N) is 3. The third kappa shape index (κ3) is 5.92. The predicted molar refractivity (Wildman–Crippen MR) is 151 cm³/mol. The maximum absolute atomic E-state index is 14.1. The zero-order chi connectivity index (χ0) is 29.2. The molecule has 2 saturated carbocycles. The van der Waals surface area contributed by atoms with Crippen LogP contribution in [0.4, 0.5) is 9.59 Å². The summed E-state index contributed by atoms with van der Waals surface area (Å²) in [6, 6.07) is 5.02. The Balaban J connectivity index is 1.20. The summed E-state index contributed by atoms with van der Waals surface area (Å²) in [5, 5.41) is 0.463. The number of hydrogen-bond donors (Lipinski definition) is 0. The fraction of sp³-hybridized carbons (Fsp3) is 0.724. The Kier molecular flexibility index (Phi) is 7.48. The molecule has 2 aliphatic carbocycles. The average Bonchev–Trinajstić information content (AvgIpc) is 3.83. The number of hydrogen-bond acceptors (Lipinski definition) is 7. The van der Waals surface area contributed by atoms with Gasteiger partial charge in [0.2, 0.25) is 10.0 Å². The standard InChI is InChI=1S/C29H40ClN3O7S/c1-28(2,3)39-27(35)32-21-8-9-22(32)16-31(15-21)26(34)40-29(12-13-29)25-18-38-17-23(14-19-4-5-19)33(25)41(36,37)24-10-6-20(30)7-11-24/h6-7,10-11,19,21-23,25H,4-5,8-9,12-18H2,1-3H3/t21-,22?,23-,25-/m1/s1. The molecule has 10 nitrogen and oxygen atoms in total. The topological polar surface area (TPSA) is 106 Å². The van der Waals surface area contributed by atoms with E-state index in [0.29, 0.717) is 43.5 Å². The highest BCUT2D eigenvalue weighted by molar-refractivity contribution is 7.89. The number of fused-ring (bicyclic) bond motifs is 2. The molecule has 3 aliphatic heterocycles. The molecule has 5 fully saturated rings. The Morgan fingerprint density at radius 1 is 1.00 bits per heavy atom. The van der Waals surface area contributed by atoms with Crippen molar-refractivity contribution in [1.82, 2.24) is 14.1 Å². The molecule has 0 N–H and O–H groups in total. The molecule has 3 heterocycles. The van der Waals surface area contributed by atoms with Crippen LogP contribution in [0.3, 0.4) is 0 Å². The van der Waals surface area contributed by atoms with Crippen LogP contribution in [0.2, 0.25) is 5.02 Å². The van der Waals surface area contributed by atoms with Crippen LogP contribution in [0.1, 0.15) is 65.7 Å². The summed E-state index contributed by atoms with van der Waals surface area (Å²) in [6.07, 6.45) is 4.83. The fourth-order valence-electron chi connectivity index (χ4n) is 6.63. The van der Waals surface area contributed by atoms with E-state index >= 15 is 0 Å². The quantitative estimate of drug-likeness (QED) is 0.462. The summed E-state index contributed by atoms with van der Waals surface area (Å²) in [4.78, 5) is 30.1. The number of carbonyl (C=O) groups excluding carboxylic acids is 2. The lowest BCUT2D eigenvalue weighted by Gasteiger charge is -2.45. The number of carbonyl (C=O) groups is 2. The second-order valence-corrected chi connectivity index (χ2v) is 15.6. The maximum Gasteiger partial charge on any atom is 0.410 e. The highest BCUT2D eigenvalue weighted by atomic mass is 35.5. The molecule has 12 heteroatoms. The van der Waals surface area contributed by atoms with Crippen molar-refractivity contribution < 1.29 is 32.2 Å². The lowest BCUT2D eigenvalue weighted by atomic mass is 10.0. The van der Waals surface area contributed by atoms with E-state index < -0.39 is 33.4 Å². The molecule has 6 rings (SSSR count). The van der Waals surface area contributed by atoms with Gasteiger partial charge in [0.05, 0.1) is 36.2 Å². The van der Waals surface area contributed by atoms with E-state index in [-0.39, 0.29) is 35.7 Å². The first kappa shape index (κ1) is 29.0. The van der Waals surface area contributed by atoms with Crippen LogP contribution in [-0.4, -0.2) is 96.4 Å². The van der Waals surface area contributed by atoms with Gasteiger partial charge in [0.25, 0.3) is 0 Å². The fourth-order valence-corrected chi connectivity index (χ4v) is 8.61. The summed E-state index contributed by atoms with van der Waals surface area (Å²) in [7, 11) is -3.91. The lowest BCUT2D eigenvalue weighted by Crippen LogP contribution is -2.62. The van der Waals surface area contributed by atoms with Gasteiger partial charge in [-0.15, -0.1) is 0 Å². The number of ether oxygens (including phenoxy) is 3. The van der Waals surface area contributed by atoms with Gasteiger partial charge in [0, 0.05) is 24.2 Å². The highest BCUT2D eigenvalue weighted by Gasteiger charge is 2.61. The first-order valence-corrected chi connectivity index (χ1v) is 16.5. The van der Waals surface area contributed by atoms with E-state index in [1.165, 1.54) is 12.1 Å². The van der Waals surface area contributed by atoms with Gasteiger partial charge in [-0.2, -0.15) is 4.31 Å². The Morgan fingerprint density at radius 2 is 1.63 bits per heavy atom. The number of benzene rings is 1. The second-order valence-electron chi connectivity index (χ2n) is 13.3. The van der Waals surface area contributed by atoms with Gasteiger partial charge in [0.15, 0.2) is 0 Å². The highest BCUT2D eigenvalue weighted by Crippen LogP contribution is 2.49. The Labute approximate surface area is 247 Å². The third-order valence-electron chi connectivity index (χ3n) is 8.93. The molecular weight excluding hydrogens is 570 g/mol. The summed E-state index contributed by atoms with van der Waals surface area (Å²) < 4.78 is 47.6. The first-order chi connectivity index (χ1) is 19.4. The molecule has 41 heavy (non-hydrogen) atoms. The molecule has 1 aromatic rings. The van der Waals surface area contributed by atoms with Crippen molar-refractivity contribution in [3.63, 3.8) is 0 Å². The number of piperazine rings is 1. The zero-order valence-corrected chi connectivity index (χ0v) is 25.5. The van der Waals surface area contributed by atoms with Crippen LogP contribution in [0.5, 0.6) is 0 Å². The molecule has 3 saturated heterocycles. The van der Waals surface area contributed by atoms with Crippen molar-refractivity contribution >= 4 is 33.8 Å². The number of halogens is 1. The van der Waals surface area contributed by atoms with Crippen molar-refractivity contribution in [2.75, 3.05) is 26.3 Å². The number of morpholine rings is 1. The van der Waals surface area contributed by atoms with Crippen molar-refractivity contribution in [3.05, 3.63) is 29.3 Å². The molecule has 1 aromatic carbocycles. The first-order valence-electron chi connectivity index (χ1n) is 14.7. The van der Waals surface area contributed by atoms with E-state index in [4.69, 9.17) is 25.8 Å². The third-order valence-corrected chi connectivity index (χ3v) is 11.2. The van der Waals surface area contributed by atoms with Crippen LogP contribution < -0.4 is 0 Å². The van der Waals surface area contributed by atoms with E-state index in [2.05, 4.69) is 0 Å². The predicted octanol–water partition coefficient (Wildman–Crippen LogP) is 4.65. The van der Waals surface area contributed by atoms with Crippen LogP contribution in [0.15, 0.2) is 29.2 Å². The zero-order valence-electron chi connectivity index (χ0n) is 24.0. The van der Waals surface area contributed by atoms with Gasteiger partial charge < -0.3 is 19.1 Å². The summed E-state index contributed by atoms with van der Waals surface area (Å²) in [6.45, 7) is 6.74. The van der Waals surface area contributed by atoms with Crippen molar-refractivity contribution in [1.29, 1.82) is 0 Å². The summed E-state index contributed by atoms with van der Waals surface area (Å²) >= 11 is 6.06. The summed E-state index contributed by atoms with van der Waals surface area (Å²) in [5.74, 6) is 0.486. The monoisotopic (exact) mass is 609 g/mol. The summed E-state index contributed by atoms with van der Waals surface area (Å²) in [5.41, 5.74) is -1.54. The van der Waals surface area contributed by atoms with Gasteiger partial charge in [-0.25, -0.2) is 18.0 Å². The van der Waals surface area contributed by atoms with Crippen molar-refractivity contribution in [2.24, 2.45) is 5.92 Å². The van der Waals surface area contributed by atoms with Gasteiger partial charge in [-0.1, -0.05) is 24.4 Å². The average molecular weight is 610 g/mol. The number of amides is 2. The molecule has 226 valence electrons. The Bertz CT molecular complexity index is 1260. The van der Waals surface area contributed by atoms with Crippen LogP contribution in [0, 0.1) is 5.92 Å². The maximum atomic E-state index is 14.1. The van der Waals surface area contributed by atoms with E-state index in [1.54, 1.807) is 26.2 Å². The normalized spacial score (nSPS) is 29.8. The molecular formula is C29H40ClN3O7S. The minimum Gasteiger partial charge on any atom is -0.444 e. The lowest BCUT2D eigenvalue weighted by molar-refractivity contribution is -0.0766. The van der Waals surface area contributed by atoms with Gasteiger partial charge in [-0.3, -0.25) is 4.90 Å². The molecule has 0 radical (unpaired) electrons. The van der Waals surface area contributed by atoms with Gasteiger partial charge >= 0.3 is 12.2 Å². The molecule has 4 atom stereocenters. The molecule has 1 unspecified atom stereocenters. The molecule has 2 bridgehead atoms. The van der Waals surface area contributed by atoms with Crippen molar-refractivity contribution in [3.8, 4) is 0 Å². The second kappa shape index (κ2) is 10.6.